The lowest BCUT2D eigenvalue weighted by atomic mass is 10.2. The summed E-state index contributed by atoms with van der Waals surface area (Å²) in [6.07, 6.45) is 3.39. The largest absolute Gasteiger partial charge is 0.493 e. The summed E-state index contributed by atoms with van der Waals surface area (Å²) >= 11 is 6.50. The molecule has 0 spiro atoms. The molecule has 160 valence electrons. The van der Waals surface area contributed by atoms with Gasteiger partial charge in [-0.1, -0.05) is 66.5 Å². The summed E-state index contributed by atoms with van der Waals surface area (Å²) in [5, 5.41) is 2.81. The molecule has 2 aromatic carbocycles. The Kier molecular flexibility index (Phi) is 7.86. The van der Waals surface area contributed by atoms with Crippen molar-refractivity contribution in [2.45, 2.75) is 6.54 Å². The minimum Gasteiger partial charge on any atom is -0.493 e. The van der Waals surface area contributed by atoms with E-state index in [0.29, 0.717) is 33.8 Å². The minimum atomic E-state index is -0.235. The van der Waals surface area contributed by atoms with Crippen molar-refractivity contribution in [3.8, 4) is 11.5 Å². The number of nitrogens with one attached hydrogen (secondary N) is 1. The standard InChI is InChI=1S/C23H22N2O4S2/c1-3-11-25-22(27)20(31-23(25)30)13-17-9-10-18(19(12-17)28-2)29-15-21(26)24-14-16-7-5-4-6-8-16/h3-10,12-13H,1,11,14-15H2,2H3,(H,24,26)/b20-13-. The lowest BCUT2D eigenvalue weighted by molar-refractivity contribution is -0.123. The van der Waals surface area contributed by atoms with E-state index in [4.69, 9.17) is 21.7 Å². The second-order valence-electron chi connectivity index (χ2n) is 6.54. The van der Waals surface area contributed by atoms with Gasteiger partial charge < -0.3 is 14.8 Å². The highest BCUT2D eigenvalue weighted by atomic mass is 32.2. The number of amides is 2. The molecule has 0 atom stereocenters. The van der Waals surface area contributed by atoms with Crippen LogP contribution in [-0.2, 0) is 16.1 Å². The van der Waals surface area contributed by atoms with E-state index in [2.05, 4.69) is 11.9 Å². The van der Waals surface area contributed by atoms with E-state index in [9.17, 15) is 9.59 Å². The number of carbonyl (C=O) groups is 2. The van der Waals surface area contributed by atoms with Crippen molar-refractivity contribution >= 4 is 46.2 Å². The van der Waals surface area contributed by atoms with Crippen LogP contribution in [0.2, 0.25) is 0 Å². The van der Waals surface area contributed by atoms with Crippen molar-refractivity contribution in [2.75, 3.05) is 20.3 Å². The Bertz CT molecular complexity index is 1020. The van der Waals surface area contributed by atoms with Gasteiger partial charge in [-0.2, -0.15) is 0 Å². The van der Waals surface area contributed by atoms with E-state index < -0.39 is 0 Å². The molecule has 8 heteroatoms. The number of ether oxygens (including phenoxy) is 2. The van der Waals surface area contributed by atoms with Crippen LogP contribution in [0.25, 0.3) is 6.08 Å². The van der Waals surface area contributed by atoms with Gasteiger partial charge in [0, 0.05) is 13.1 Å². The molecule has 0 radical (unpaired) electrons. The summed E-state index contributed by atoms with van der Waals surface area (Å²) in [4.78, 5) is 26.6. The third-order valence-corrected chi connectivity index (χ3v) is 5.74. The highest BCUT2D eigenvalue weighted by molar-refractivity contribution is 8.26. The molecule has 1 aliphatic heterocycles. The molecule has 2 aromatic rings. The Morgan fingerprint density at radius 2 is 2.00 bits per heavy atom. The monoisotopic (exact) mass is 454 g/mol. The van der Waals surface area contributed by atoms with Gasteiger partial charge in [-0.15, -0.1) is 6.58 Å². The quantitative estimate of drug-likeness (QED) is 0.353. The lowest BCUT2D eigenvalue weighted by Gasteiger charge is -2.12. The molecular weight excluding hydrogens is 432 g/mol. The molecule has 0 unspecified atom stereocenters. The van der Waals surface area contributed by atoms with Crippen LogP contribution < -0.4 is 14.8 Å². The molecule has 1 aliphatic rings. The number of rotatable bonds is 9. The first-order valence-electron chi connectivity index (χ1n) is 9.49. The number of carbonyl (C=O) groups excluding carboxylic acids is 2. The minimum absolute atomic E-state index is 0.136. The van der Waals surface area contributed by atoms with Crippen molar-refractivity contribution < 1.29 is 19.1 Å². The SMILES string of the molecule is C=CCN1C(=O)/C(=C/c2ccc(OCC(=O)NCc3ccccc3)c(OC)c2)SC1=S. The highest BCUT2D eigenvalue weighted by Gasteiger charge is 2.31. The fourth-order valence-corrected chi connectivity index (χ4v) is 4.10. The number of hydrogen-bond acceptors (Lipinski definition) is 6. The molecule has 1 saturated heterocycles. The van der Waals surface area contributed by atoms with Crippen LogP contribution in [-0.4, -0.2) is 41.3 Å². The average Bonchev–Trinajstić information content (AvgIpc) is 3.05. The number of nitrogens with zero attached hydrogens (tertiary/aromatic N) is 1. The number of hydrogen-bond donors (Lipinski definition) is 1. The van der Waals surface area contributed by atoms with Crippen molar-refractivity contribution in [2.24, 2.45) is 0 Å². The average molecular weight is 455 g/mol. The predicted octanol–water partition coefficient (Wildman–Crippen LogP) is 3.78. The van der Waals surface area contributed by atoms with Gasteiger partial charge in [0.15, 0.2) is 18.1 Å². The van der Waals surface area contributed by atoms with Crippen LogP contribution in [0.4, 0.5) is 0 Å². The van der Waals surface area contributed by atoms with Crippen LogP contribution in [0.15, 0.2) is 66.1 Å². The van der Waals surface area contributed by atoms with Crippen LogP contribution in [0, 0.1) is 0 Å². The molecule has 3 rings (SSSR count). The van der Waals surface area contributed by atoms with E-state index in [-0.39, 0.29) is 18.4 Å². The molecule has 1 heterocycles. The summed E-state index contributed by atoms with van der Waals surface area (Å²) in [5.41, 5.74) is 1.77. The Hall–Kier alpha value is -3.10. The highest BCUT2D eigenvalue weighted by Crippen LogP contribution is 2.34. The maximum atomic E-state index is 12.5. The third-order valence-electron chi connectivity index (χ3n) is 4.36. The topological polar surface area (TPSA) is 67.9 Å². The first-order valence-corrected chi connectivity index (χ1v) is 10.7. The summed E-state index contributed by atoms with van der Waals surface area (Å²) in [6, 6.07) is 14.9. The van der Waals surface area contributed by atoms with Gasteiger partial charge in [0.25, 0.3) is 11.8 Å². The normalized spacial score (nSPS) is 14.6. The molecule has 0 bridgehead atoms. The second-order valence-corrected chi connectivity index (χ2v) is 8.22. The number of methoxy groups -OCH3 is 1. The molecule has 31 heavy (non-hydrogen) atoms. The van der Waals surface area contributed by atoms with Crippen LogP contribution >= 0.6 is 24.0 Å². The maximum Gasteiger partial charge on any atom is 0.266 e. The lowest BCUT2D eigenvalue weighted by Crippen LogP contribution is -2.28. The molecule has 6 nitrogen and oxygen atoms in total. The third kappa shape index (κ3) is 5.96. The van der Waals surface area contributed by atoms with Gasteiger partial charge >= 0.3 is 0 Å². The first-order chi connectivity index (χ1) is 15.0. The molecule has 2 amide bonds. The Balaban J connectivity index is 1.62. The second kappa shape index (κ2) is 10.8. The molecule has 0 aromatic heterocycles. The zero-order valence-corrected chi connectivity index (χ0v) is 18.6. The first kappa shape index (κ1) is 22.6. The fourth-order valence-electron chi connectivity index (χ4n) is 2.82. The number of benzene rings is 2. The summed E-state index contributed by atoms with van der Waals surface area (Å²) in [7, 11) is 1.52. The molecular formula is C23H22N2O4S2. The number of thiocarbonyl (C=S) groups is 1. The van der Waals surface area contributed by atoms with Crippen molar-refractivity contribution in [3.05, 3.63) is 77.2 Å². The maximum absolute atomic E-state index is 12.5. The van der Waals surface area contributed by atoms with Gasteiger partial charge in [0.05, 0.1) is 12.0 Å². The molecule has 0 saturated carbocycles. The smallest absolute Gasteiger partial charge is 0.266 e. The zero-order chi connectivity index (χ0) is 22.2. The Morgan fingerprint density at radius 1 is 1.23 bits per heavy atom. The summed E-state index contributed by atoms with van der Waals surface area (Å²) in [6.45, 7) is 4.33. The van der Waals surface area contributed by atoms with Crippen LogP contribution in [0.3, 0.4) is 0 Å². The summed E-state index contributed by atoms with van der Waals surface area (Å²) in [5.74, 6) is 0.519. The zero-order valence-electron chi connectivity index (χ0n) is 17.0. The number of thioether (sulfide) groups is 1. The van der Waals surface area contributed by atoms with Gasteiger partial charge in [-0.25, -0.2) is 0 Å². The predicted molar refractivity (Wildman–Crippen MR) is 127 cm³/mol. The van der Waals surface area contributed by atoms with E-state index >= 15 is 0 Å². The summed E-state index contributed by atoms with van der Waals surface area (Å²) < 4.78 is 11.5. The fraction of sp³-hybridized carbons (Fsp3) is 0.174. The molecule has 0 aliphatic carbocycles. The van der Waals surface area contributed by atoms with Gasteiger partial charge in [-0.3, -0.25) is 14.5 Å². The van der Waals surface area contributed by atoms with Crippen molar-refractivity contribution in [1.82, 2.24) is 10.2 Å². The Morgan fingerprint density at radius 3 is 2.71 bits per heavy atom. The van der Waals surface area contributed by atoms with Gasteiger partial charge in [0.1, 0.15) is 4.32 Å². The van der Waals surface area contributed by atoms with Crippen molar-refractivity contribution in [1.29, 1.82) is 0 Å². The van der Waals surface area contributed by atoms with E-state index in [1.54, 1.807) is 30.4 Å². The van der Waals surface area contributed by atoms with E-state index in [1.807, 2.05) is 30.3 Å². The van der Waals surface area contributed by atoms with Gasteiger partial charge in [-0.05, 0) is 29.3 Å². The van der Waals surface area contributed by atoms with Crippen LogP contribution in [0.5, 0.6) is 11.5 Å². The van der Waals surface area contributed by atoms with Gasteiger partial charge in [0.2, 0.25) is 0 Å². The van der Waals surface area contributed by atoms with E-state index in [1.165, 1.54) is 23.8 Å². The van der Waals surface area contributed by atoms with E-state index in [0.717, 1.165) is 11.1 Å². The Labute approximate surface area is 190 Å². The van der Waals surface area contributed by atoms with Crippen LogP contribution in [0.1, 0.15) is 11.1 Å². The molecule has 1 fully saturated rings. The van der Waals surface area contributed by atoms with Crippen molar-refractivity contribution in [3.63, 3.8) is 0 Å². The molecule has 1 N–H and O–H groups in total.